The Bertz CT molecular complexity index is 540. The number of nitrogens with one attached hydrogen (secondary N) is 1. The van der Waals surface area contributed by atoms with E-state index in [0.717, 1.165) is 5.56 Å². The highest BCUT2D eigenvalue weighted by atomic mass is 35.5. The summed E-state index contributed by atoms with van der Waals surface area (Å²) in [6.07, 6.45) is 0.514. The fourth-order valence-electron chi connectivity index (χ4n) is 1.73. The van der Waals surface area contributed by atoms with E-state index in [9.17, 15) is 4.79 Å². The van der Waals surface area contributed by atoms with Crippen LogP contribution in [0.1, 0.15) is 5.56 Å². The zero-order valence-electron chi connectivity index (χ0n) is 10.3. The third-order valence-corrected chi connectivity index (χ3v) is 3.00. The van der Waals surface area contributed by atoms with Crippen LogP contribution in [0, 0.1) is 0 Å². The lowest BCUT2D eigenvalue weighted by Gasteiger charge is -2.12. The zero-order chi connectivity index (χ0) is 13.7. The van der Waals surface area contributed by atoms with Crippen LogP contribution in [0.2, 0.25) is 5.02 Å². The number of carbonyl (C=O) groups is 1. The highest BCUT2D eigenvalue weighted by molar-refractivity contribution is 6.30. The summed E-state index contributed by atoms with van der Waals surface area (Å²) in [5, 5.41) is 3.40. The minimum Gasteiger partial charge on any atom is -0.325 e. The second-order valence-electron chi connectivity index (χ2n) is 4.29. The molecule has 4 heteroatoms. The molecule has 0 aliphatic rings. The number of hydrogen-bond donors (Lipinski definition) is 2. The van der Waals surface area contributed by atoms with E-state index in [2.05, 4.69) is 5.32 Å². The molecule has 1 atom stereocenters. The van der Waals surface area contributed by atoms with E-state index >= 15 is 0 Å². The maximum absolute atomic E-state index is 11.9. The molecule has 0 spiro atoms. The number of anilines is 1. The Kier molecular flexibility index (Phi) is 4.55. The van der Waals surface area contributed by atoms with Crippen LogP contribution in [0.4, 0.5) is 5.69 Å². The fourth-order valence-corrected chi connectivity index (χ4v) is 1.85. The van der Waals surface area contributed by atoms with E-state index in [1.165, 1.54) is 0 Å². The lowest BCUT2D eigenvalue weighted by atomic mass is 10.1. The molecule has 3 nitrogen and oxygen atoms in total. The molecule has 3 N–H and O–H groups in total. The number of halogens is 1. The molecule has 1 amide bonds. The Morgan fingerprint density at radius 3 is 2.37 bits per heavy atom. The van der Waals surface area contributed by atoms with E-state index in [-0.39, 0.29) is 5.91 Å². The molecule has 0 radical (unpaired) electrons. The molecule has 2 aromatic carbocycles. The first-order valence-electron chi connectivity index (χ1n) is 6.01. The number of hydrogen-bond acceptors (Lipinski definition) is 2. The molecular formula is C15H15ClN2O. The molecule has 19 heavy (non-hydrogen) atoms. The summed E-state index contributed by atoms with van der Waals surface area (Å²) in [4.78, 5) is 11.9. The molecule has 98 valence electrons. The van der Waals surface area contributed by atoms with Crippen LogP contribution < -0.4 is 11.1 Å². The molecule has 0 aliphatic carbocycles. The number of rotatable bonds is 4. The van der Waals surface area contributed by atoms with Crippen LogP contribution in [0.3, 0.4) is 0 Å². The van der Waals surface area contributed by atoms with Crippen molar-refractivity contribution in [2.24, 2.45) is 5.73 Å². The standard InChI is InChI=1S/C15H15ClN2O/c16-12-6-8-13(9-7-12)18-15(19)14(17)10-11-4-2-1-3-5-11/h1-9,14H,10,17H2,(H,18,19)/t14-/m0/s1. The van der Waals surface area contributed by atoms with Gasteiger partial charge in [-0.15, -0.1) is 0 Å². The highest BCUT2D eigenvalue weighted by Crippen LogP contribution is 2.13. The Morgan fingerprint density at radius 2 is 1.74 bits per heavy atom. The summed E-state index contributed by atoms with van der Waals surface area (Å²) < 4.78 is 0. The van der Waals surface area contributed by atoms with Crippen LogP contribution in [0.15, 0.2) is 54.6 Å². The van der Waals surface area contributed by atoms with E-state index < -0.39 is 6.04 Å². The second-order valence-corrected chi connectivity index (χ2v) is 4.73. The van der Waals surface area contributed by atoms with Gasteiger partial charge < -0.3 is 11.1 Å². The average Bonchev–Trinajstić information content (AvgIpc) is 2.42. The van der Waals surface area contributed by atoms with Gasteiger partial charge in [-0.25, -0.2) is 0 Å². The monoisotopic (exact) mass is 274 g/mol. The molecule has 2 aromatic rings. The molecule has 0 aliphatic heterocycles. The normalized spacial score (nSPS) is 11.9. The Hall–Kier alpha value is -1.84. The number of amides is 1. The van der Waals surface area contributed by atoms with Crippen molar-refractivity contribution in [2.75, 3.05) is 5.32 Å². The lowest BCUT2D eigenvalue weighted by molar-refractivity contribution is -0.117. The summed E-state index contributed by atoms with van der Waals surface area (Å²) in [5.41, 5.74) is 7.62. The number of carbonyl (C=O) groups excluding carboxylic acids is 1. The molecule has 0 saturated heterocycles. The summed E-state index contributed by atoms with van der Waals surface area (Å²) in [7, 11) is 0. The van der Waals surface area contributed by atoms with Crippen LogP contribution in [0.5, 0.6) is 0 Å². The Balaban J connectivity index is 1.94. The van der Waals surface area contributed by atoms with Gasteiger partial charge in [-0.1, -0.05) is 41.9 Å². The average molecular weight is 275 g/mol. The summed E-state index contributed by atoms with van der Waals surface area (Å²) in [6.45, 7) is 0. The topological polar surface area (TPSA) is 55.1 Å². The van der Waals surface area contributed by atoms with Gasteiger partial charge in [-0.3, -0.25) is 4.79 Å². The number of benzene rings is 2. The predicted octanol–water partition coefficient (Wildman–Crippen LogP) is 2.85. The summed E-state index contributed by atoms with van der Waals surface area (Å²) in [6, 6.07) is 16.1. The van der Waals surface area contributed by atoms with Gasteiger partial charge in [0, 0.05) is 10.7 Å². The molecule has 0 fully saturated rings. The quantitative estimate of drug-likeness (QED) is 0.901. The summed E-state index contributed by atoms with van der Waals surface area (Å²) in [5.74, 6) is -0.203. The van der Waals surface area contributed by atoms with E-state index in [1.807, 2.05) is 30.3 Å². The van der Waals surface area contributed by atoms with Crippen molar-refractivity contribution in [3.05, 3.63) is 65.2 Å². The lowest BCUT2D eigenvalue weighted by Crippen LogP contribution is -2.37. The fraction of sp³-hybridized carbons (Fsp3) is 0.133. The van der Waals surface area contributed by atoms with Crippen molar-refractivity contribution >= 4 is 23.2 Å². The smallest absolute Gasteiger partial charge is 0.241 e. The van der Waals surface area contributed by atoms with Crippen LogP contribution in [-0.4, -0.2) is 11.9 Å². The van der Waals surface area contributed by atoms with Gasteiger partial charge in [0.25, 0.3) is 0 Å². The van der Waals surface area contributed by atoms with Crippen LogP contribution >= 0.6 is 11.6 Å². The first kappa shape index (κ1) is 13.6. The van der Waals surface area contributed by atoms with E-state index in [0.29, 0.717) is 17.1 Å². The molecule has 0 unspecified atom stereocenters. The molecule has 0 heterocycles. The summed E-state index contributed by atoms with van der Waals surface area (Å²) >= 11 is 5.78. The molecule has 0 aromatic heterocycles. The maximum atomic E-state index is 11.9. The first-order chi connectivity index (χ1) is 9.15. The van der Waals surface area contributed by atoms with Crippen molar-refractivity contribution < 1.29 is 4.79 Å². The molecule has 0 bridgehead atoms. The van der Waals surface area contributed by atoms with Crippen LogP contribution in [0.25, 0.3) is 0 Å². The van der Waals surface area contributed by atoms with Crippen molar-refractivity contribution in [1.29, 1.82) is 0 Å². The first-order valence-corrected chi connectivity index (χ1v) is 6.39. The largest absolute Gasteiger partial charge is 0.325 e. The molecule has 0 saturated carbocycles. The predicted molar refractivity (Wildman–Crippen MR) is 78.2 cm³/mol. The van der Waals surface area contributed by atoms with Gasteiger partial charge in [0.15, 0.2) is 0 Å². The van der Waals surface area contributed by atoms with Crippen LogP contribution in [-0.2, 0) is 11.2 Å². The van der Waals surface area contributed by atoms with E-state index in [1.54, 1.807) is 24.3 Å². The van der Waals surface area contributed by atoms with Gasteiger partial charge in [0.05, 0.1) is 6.04 Å². The van der Waals surface area contributed by atoms with E-state index in [4.69, 9.17) is 17.3 Å². The van der Waals surface area contributed by atoms with Crippen molar-refractivity contribution in [2.45, 2.75) is 12.5 Å². The van der Waals surface area contributed by atoms with Gasteiger partial charge in [0.2, 0.25) is 5.91 Å². The minimum absolute atomic E-state index is 0.203. The zero-order valence-corrected chi connectivity index (χ0v) is 11.1. The third kappa shape index (κ3) is 4.09. The highest BCUT2D eigenvalue weighted by Gasteiger charge is 2.13. The van der Waals surface area contributed by atoms with Gasteiger partial charge in [-0.2, -0.15) is 0 Å². The Labute approximate surface area is 117 Å². The molecule has 2 rings (SSSR count). The van der Waals surface area contributed by atoms with Gasteiger partial charge in [-0.05, 0) is 36.2 Å². The van der Waals surface area contributed by atoms with Gasteiger partial charge in [0.1, 0.15) is 0 Å². The second kappa shape index (κ2) is 6.36. The van der Waals surface area contributed by atoms with Crippen molar-refractivity contribution in [3.8, 4) is 0 Å². The maximum Gasteiger partial charge on any atom is 0.241 e. The minimum atomic E-state index is -0.571. The van der Waals surface area contributed by atoms with Gasteiger partial charge >= 0.3 is 0 Å². The number of nitrogens with two attached hydrogens (primary N) is 1. The van der Waals surface area contributed by atoms with Crippen molar-refractivity contribution in [3.63, 3.8) is 0 Å². The van der Waals surface area contributed by atoms with Crippen molar-refractivity contribution in [1.82, 2.24) is 0 Å². The molecular weight excluding hydrogens is 260 g/mol. The Morgan fingerprint density at radius 1 is 1.11 bits per heavy atom. The SMILES string of the molecule is N[C@@H](Cc1ccccc1)C(=O)Nc1ccc(Cl)cc1. The third-order valence-electron chi connectivity index (χ3n) is 2.75.